The Bertz CT molecular complexity index is 320. The van der Waals surface area contributed by atoms with E-state index in [9.17, 15) is 4.79 Å². The molecule has 3 nitrogen and oxygen atoms in total. The summed E-state index contributed by atoms with van der Waals surface area (Å²) < 4.78 is 0. The predicted octanol–water partition coefficient (Wildman–Crippen LogP) is 1.90. The van der Waals surface area contributed by atoms with Crippen molar-refractivity contribution in [3.63, 3.8) is 0 Å². The maximum Gasteiger partial charge on any atom is 0.220 e. The van der Waals surface area contributed by atoms with E-state index in [1.54, 1.807) is 11.3 Å². The molecule has 0 unspecified atom stereocenters. The van der Waals surface area contributed by atoms with Crippen LogP contribution in [-0.4, -0.2) is 18.5 Å². The summed E-state index contributed by atoms with van der Waals surface area (Å²) in [5, 5.41) is 10.6. The molecule has 0 radical (unpaired) electrons. The highest BCUT2D eigenvalue weighted by Gasteiger charge is 2.22. The summed E-state index contributed by atoms with van der Waals surface area (Å²) in [7, 11) is 0. The lowest BCUT2D eigenvalue weighted by atomic mass is 10.3. The fourth-order valence-electron chi connectivity index (χ4n) is 1.53. The van der Waals surface area contributed by atoms with Crippen LogP contribution in [0, 0.1) is 0 Å². The van der Waals surface area contributed by atoms with Gasteiger partial charge >= 0.3 is 0 Å². The van der Waals surface area contributed by atoms with Gasteiger partial charge in [0.1, 0.15) is 0 Å². The van der Waals surface area contributed by atoms with Crippen LogP contribution in [0.3, 0.4) is 0 Å². The molecule has 1 aromatic heterocycles. The third-order valence-electron chi connectivity index (χ3n) is 2.61. The van der Waals surface area contributed by atoms with Gasteiger partial charge in [-0.2, -0.15) is 11.3 Å². The Morgan fingerprint density at radius 2 is 2.38 bits per heavy atom. The number of carbonyl (C=O) groups excluding carboxylic acids is 1. The van der Waals surface area contributed by atoms with E-state index in [0.717, 1.165) is 19.5 Å². The van der Waals surface area contributed by atoms with Crippen molar-refractivity contribution in [2.75, 3.05) is 6.54 Å². The van der Waals surface area contributed by atoms with Crippen LogP contribution in [-0.2, 0) is 11.3 Å². The van der Waals surface area contributed by atoms with E-state index in [4.69, 9.17) is 0 Å². The van der Waals surface area contributed by atoms with E-state index < -0.39 is 0 Å². The minimum absolute atomic E-state index is 0.208. The molecule has 1 aliphatic carbocycles. The summed E-state index contributed by atoms with van der Waals surface area (Å²) >= 11 is 1.72. The van der Waals surface area contributed by atoms with Crippen molar-refractivity contribution in [1.82, 2.24) is 10.6 Å². The molecule has 1 fully saturated rings. The summed E-state index contributed by atoms with van der Waals surface area (Å²) in [5.41, 5.74) is 1.33. The first kappa shape index (κ1) is 11.6. The molecule has 0 saturated heterocycles. The van der Waals surface area contributed by atoms with E-state index >= 15 is 0 Å². The Morgan fingerprint density at radius 1 is 1.50 bits per heavy atom. The van der Waals surface area contributed by atoms with Crippen LogP contribution in [0.4, 0.5) is 0 Å². The molecule has 16 heavy (non-hydrogen) atoms. The van der Waals surface area contributed by atoms with Gasteiger partial charge in [0, 0.05) is 19.0 Å². The largest absolute Gasteiger partial charge is 0.353 e. The molecule has 1 heterocycles. The number of hydrogen-bond donors (Lipinski definition) is 2. The zero-order chi connectivity index (χ0) is 11.2. The molecular formula is C12H18N2OS. The van der Waals surface area contributed by atoms with Crippen molar-refractivity contribution in [2.24, 2.45) is 0 Å². The number of nitrogens with one attached hydrogen (secondary N) is 2. The quantitative estimate of drug-likeness (QED) is 0.712. The Balaban J connectivity index is 1.46. The SMILES string of the molecule is O=C(CCCNCc1ccsc1)NC1CC1. The van der Waals surface area contributed by atoms with Gasteiger partial charge in [0.15, 0.2) is 0 Å². The highest BCUT2D eigenvalue weighted by molar-refractivity contribution is 7.07. The molecule has 0 aromatic carbocycles. The second-order valence-electron chi connectivity index (χ2n) is 4.25. The minimum atomic E-state index is 0.208. The third kappa shape index (κ3) is 4.33. The van der Waals surface area contributed by atoms with Crippen LogP contribution < -0.4 is 10.6 Å². The summed E-state index contributed by atoms with van der Waals surface area (Å²) in [5.74, 6) is 0.208. The lowest BCUT2D eigenvalue weighted by Crippen LogP contribution is -2.26. The topological polar surface area (TPSA) is 41.1 Å². The number of carbonyl (C=O) groups is 1. The molecular weight excluding hydrogens is 220 g/mol. The second kappa shape index (κ2) is 6.01. The molecule has 1 saturated carbocycles. The first-order valence-electron chi connectivity index (χ1n) is 5.86. The van der Waals surface area contributed by atoms with Crippen LogP contribution in [0.1, 0.15) is 31.2 Å². The number of hydrogen-bond acceptors (Lipinski definition) is 3. The fourth-order valence-corrected chi connectivity index (χ4v) is 2.20. The average molecular weight is 238 g/mol. The van der Waals surface area contributed by atoms with E-state index in [0.29, 0.717) is 12.5 Å². The van der Waals surface area contributed by atoms with Gasteiger partial charge < -0.3 is 10.6 Å². The summed E-state index contributed by atoms with van der Waals surface area (Å²) in [4.78, 5) is 11.3. The smallest absolute Gasteiger partial charge is 0.220 e. The van der Waals surface area contributed by atoms with Gasteiger partial charge in [-0.1, -0.05) is 0 Å². The highest BCUT2D eigenvalue weighted by atomic mass is 32.1. The van der Waals surface area contributed by atoms with Crippen molar-refractivity contribution in [3.8, 4) is 0 Å². The van der Waals surface area contributed by atoms with Crippen LogP contribution in [0.5, 0.6) is 0 Å². The normalized spacial score (nSPS) is 15.0. The van der Waals surface area contributed by atoms with Crippen molar-refractivity contribution >= 4 is 17.2 Å². The third-order valence-corrected chi connectivity index (χ3v) is 3.34. The zero-order valence-corrected chi connectivity index (χ0v) is 10.2. The lowest BCUT2D eigenvalue weighted by molar-refractivity contribution is -0.121. The molecule has 1 aliphatic rings. The fraction of sp³-hybridized carbons (Fsp3) is 0.583. The maximum atomic E-state index is 11.3. The number of thiophene rings is 1. The van der Waals surface area contributed by atoms with Gasteiger partial charge in [-0.25, -0.2) is 0 Å². The molecule has 0 atom stereocenters. The Labute approximate surface area is 100 Å². The lowest BCUT2D eigenvalue weighted by Gasteiger charge is -2.04. The first-order chi connectivity index (χ1) is 7.84. The molecule has 1 amide bonds. The average Bonchev–Trinajstić information content (AvgIpc) is 2.93. The van der Waals surface area contributed by atoms with Crippen molar-refractivity contribution in [1.29, 1.82) is 0 Å². The van der Waals surface area contributed by atoms with Gasteiger partial charge in [0.05, 0.1) is 0 Å². The molecule has 2 N–H and O–H groups in total. The molecule has 0 aliphatic heterocycles. The van der Waals surface area contributed by atoms with Gasteiger partial charge in [-0.3, -0.25) is 4.79 Å². The van der Waals surface area contributed by atoms with E-state index in [1.165, 1.54) is 18.4 Å². The van der Waals surface area contributed by atoms with Crippen LogP contribution in [0.15, 0.2) is 16.8 Å². The van der Waals surface area contributed by atoms with E-state index in [1.807, 2.05) is 0 Å². The molecule has 2 rings (SSSR count). The first-order valence-corrected chi connectivity index (χ1v) is 6.80. The van der Waals surface area contributed by atoms with Gasteiger partial charge in [0.25, 0.3) is 0 Å². The summed E-state index contributed by atoms with van der Waals surface area (Å²) in [6.45, 7) is 1.82. The van der Waals surface area contributed by atoms with Crippen molar-refractivity contribution in [2.45, 2.75) is 38.3 Å². The highest BCUT2D eigenvalue weighted by Crippen LogP contribution is 2.18. The van der Waals surface area contributed by atoms with Crippen LogP contribution in [0.2, 0.25) is 0 Å². The van der Waals surface area contributed by atoms with Gasteiger partial charge in [0.2, 0.25) is 5.91 Å². The van der Waals surface area contributed by atoms with Crippen molar-refractivity contribution in [3.05, 3.63) is 22.4 Å². The Morgan fingerprint density at radius 3 is 3.06 bits per heavy atom. The van der Waals surface area contributed by atoms with Crippen LogP contribution in [0.25, 0.3) is 0 Å². The monoisotopic (exact) mass is 238 g/mol. The molecule has 4 heteroatoms. The van der Waals surface area contributed by atoms with E-state index in [-0.39, 0.29) is 5.91 Å². The minimum Gasteiger partial charge on any atom is -0.353 e. The van der Waals surface area contributed by atoms with Gasteiger partial charge in [-0.05, 0) is 48.2 Å². The Kier molecular flexibility index (Phi) is 4.36. The molecule has 88 valence electrons. The van der Waals surface area contributed by atoms with E-state index in [2.05, 4.69) is 27.5 Å². The molecule has 0 bridgehead atoms. The Hall–Kier alpha value is -0.870. The second-order valence-corrected chi connectivity index (χ2v) is 5.03. The zero-order valence-electron chi connectivity index (χ0n) is 9.37. The summed E-state index contributed by atoms with van der Waals surface area (Å²) in [6.07, 6.45) is 3.90. The summed E-state index contributed by atoms with van der Waals surface area (Å²) in [6, 6.07) is 2.61. The molecule has 1 aromatic rings. The van der Waals surface area contributed by atoms with Gasteiger partial charge in [-0.15, -0.1) is 0 Å². The maximum absolute atomic E-state index is 11.3. The molecule has 0 spiro atoms. The number of amides is 1. The van der Waals surface area contributed by atoms with Crippen molar-refractivity contribution < 1.29 is 4.79 Å². The standard InChI is InChI=1S/C12H18N2OS/c15-12(14-11-3-4-11)2-1-6-13-8-10-5-7-16-9-10/h5,7,9,11,13H,1-4,6,8H2,(H,14,15). The van der Waals surface area contributed by atoms with Crippen LogP contribution >= 0.6 is 11.3 Å². The predicted molar refractivity (Wildman–Crippen MR) is 66.4 cm³/mol. The number of rotatable bonds is 7.